The zero-order valence-electron chi connectivity index (χ0n) is 15.0. The Morgan fingerprint density at radius 2 is 2.12 bits per heavy atom. The zero-order valence-corrected chi connectivity index (χ0v) is 15.8. The van der Waals surface area contributed by atoms with Gasteiger partial charge in [-0.1, -0.05) is 20.8 Å². The molecule has 1 aliphatic carbocycles. The number of thiophene rings is 1. The van der Waals surface area contributed by atoms with Gasteiger partial charge in [-0.05, 0) is 48.3 Å². The number of hydrogen-bond acceptors (Lipinski definition) is 5. The van der Waals surface area contributed by atoms with Crippen LogP contribution >= 0.6 is 11.3 Å². The van der Waals surface area contributed by atoms with Crippen molar-refractivity contribution in [3.63, 3.8) is 0 Å². The van der Waals surface area contributed by atoms with Crippen molar-refractivity contribution in [1.29, 1.82) is 0 Å². The number of carbonyl (C=O) groups is 2. The van der Waals surface area contributed by atoms with Gasteiger partial charge in [-0.3, -0.25) is 4.79 Å². The molecule has 0 saturated carbocycles. The van der Waals surface area contributed by atoms with E-state index >= 15 is 0 Å². The lowest BCUT2D eigenvalue weighted by atomic mass is 9.72. The van der Waals surface area contributed by atoms with Crippen molar-refractivity contribution >= 4 is 28.2 Å². The maximum Gasteiger partial charge on any atom is 0.341 e. The van der Waals surface area contributed by atoms with Crippen LogP contribution in [-0.2, 0) is 17.6 Å². The van der Waals surface area contributed by atoms with Crippen molar-refractivity contribution in [2.75, 3.05) is 12.4 Å². The maximum absolute atomic E-state index is 12.3. The molecule has 0 aromatic carbocycles. The Bertz CT molecular complexity index is 783. The van der Waals surface area contributed by atoms with Gasteiger partial charge >= 0.3 is 5.97 Å². The van der Waals surface area contributed by atoms with Crippen LogP contribution in [0.2, 0.25) is 0 Å². The van der Waals surface area contributed by atoms with Crippen LogP contribution in [0.3, 0.4) is 0 Å². The summed E-state index contributed by atoms with van der Waals surface area (Å²) in [6.45, 7) is 6.74. The van der Waals surface area contributed by atoms with Crippen molar-refractivity contribution in [2.24, 2.45) is 11.3 Å². The van der Waals surface area contributed by atoms with Gasteiger partial charge in [0.25, 0.3) is 5.91 Å². The van der Waals surface area contributed by atoms with Gasteiger partial charge < -0.3 is 14.5 Å². The summed E-state index contributed by atoms with van der Waals surface area (Å²) >= 11 is 1.48. The van der Waals surface area contributed by atoms with E-state index in [0.29, 0.717) is 16.5 Å². The number of amides is 1. The molecule has 0 fully saturated rings. The number of nitrogens with one attached hydrogen (secondary N) is 1. The Balaban J connectivity index is 1.94. The van der Waals surface area contributed by atoms with Crippen molar-refractivity contribution in [3.8, 4) is 0 Å². The minimum absolute atomic E-state index is 0.213. The number of carbonyl (C=O) groups excluding carboxylic acids is 2. The van der Waals surface area contributed by atoms with E-state index in [-0.39, 0.29) is 17.1 Å². The molecule has 0 aliphatic heterocycles. The molecule has 1 amide bonds. The minimum Gasteiger partial charge on any atom is -0.465 e. The van der Waals surface area contributed by atoms with Crippen LogP contribution in [0.4, 0.5) is 5.00 Å². The summed E-state index contributed by atoms with van der Waals surface area (Å²) in [5.74, 6) is 0.00935. The molecule has 3 rings (SSSR count). The number of esters is 1. The molecular weight excluding hydrogens is 338 g/mol. The topological polar surface area (TPSA) is 68.5 Å². The Morgan fingerprint density at radius 3 is 2.72 bits per heavy atom. The largest absolute Gasteiger partial charge is 0.465 e. The fraction of sp³-hybridized carbons (Fsp3) is 0.474. The molecule has 2 aromatic heterocycles. The highest BCUT2D eigenvalue weighted by atomic mass is 32.1. The van der Waals surface area contributed by atoms with Gasteiger partial charge in [0.15, 0.2) is 5.76 Å². The molecular formula is C19H23NO4S. The van der Waals surface area contributed by atoms with Gasteiger partial charge in [0.05, 0.1) is 18.9 Å². The van der Waals surface area contributed by atoms with Gasteiger partial charge in [-0.2, -0.15) is 0 Å². The highest BCUT2D eigenvalue weighted by molar-refractivity contribution is 7.17. The Labute approximate surface area is 151 Å². The first-order valence-electron chi connectivity index (χ1n) is 8.39. The number of furan rings is 1. The summed E-state index contributed by atoms with van der Waals surface area (Å²) in [5, 5.41) is 3.37. The maximum atomic E-state index is 12.3. The van der Waals surface area contributed by atoms with E-state index in [1.807, 2.05) is 0 Å². The van der Waals surface area contributed by atoms with Crippen LogP contribution in [0.15, 0.2) is 22.8 Å². The van der Waals surface area contributed by atoms with E-state index < -0.39 is 5.97 Å². The van der Waals surface area contributed by atoms with Gasteiger partial charge in [0, 0.05) is 4.88 Å². The van der Waals surface area contributed by atoms with E-state index in [1.165, 1.54) is 29.6 Å². The average Bonchev–Trinajstić information content (AvgIpc) is 3.20. The molecule has 2 aromatic rings. The van der Waals surface area contributed by atoms with Crippen molar-refractivity contribution in [2.45, 2.75) is 40.0 Å². The van der Waals surface area contributed by atoms with Crippen LogP contribution in [-0.4, -0.2) is 19.0 Å². The summed E-state index contributed by atoms with van der Waals surface area (Å²) in [5.41, 5.74) is 1.73. The van der Waals surface area contributed by atoms with Crippen LogP contribution in [0, 0.1) is 11.3 Å². The zero-order chi connectivity index (χ0) is 18.2. The second kappa shape index (κ2) is 6.67. The Morgan fingerprint density at radius 1 is 1.36 bits per heavy atom. The number of methoxy groups -OCH3 is 1. The molecule has 1 aliphatic rings. The van der Waals surface area contributed by atoms with E-state index in [4.69, 9.17) is 9.15 Å². The highest BCUT2D eigenvalue weighted by Gasteiger charge is 2.34. The molecule has 0 radical (unpaired) electrons. The van der Waals surface area contributed by atoms with Gasteiger partial charge in [0.2, 0.25) is 0 Å². The predicted octanol–water partition coefficient (Wildman–Crippen LogP) is 4.53. The molecule has 1 N–H and O–H groups in total. The fourth-order valence-electron chi connectivity index (χ4n) is 3.30. The fourth-order valence-corrected chi connectivity index (χ4v) is 4.61. The molecule has 0 unspecified atom stereocenters. The van der Waals surface area contributed by atoms with E-state index in [1.54, 1.807) is 12.1 Å². The van der Waals surface area contributed by atoms with E-state index in [0.717, 1.165) is 24.8 Å². The third-order valence-corrected chi connectivity index (χ3v) is 6.02. The number of hydrogen-bond donors (Lipinski definition) is 1. The van der Waals surface area contributed by atoms with Gasteiger partial charge in [0.1, 0.15) is 5.00 Å². The summed E-state index contributed by atoms with van der Waals surface area (Å²) in [6.07, 6.45) is 4.23. The molecule has 0 spiro atoms. The first-order chi connectivity index (χ1) is 11.8. The summed E-state index contributed by atoms with van der Waals surface area (Å²) < 4.78 is 10.1. The third-order valence-electron chi connectivity index (χ3n) is 4.85. The SMILES string of the molecule is COC(=O)c1c(NC(=O)c2ccco2)sc2c1CC[C@@H](C(C)(C)C)C2. The summed E-state index contributed by atoms with van der Waals surface area (Å²) in [6, 6.07) is 3.25. The van der Waals surface area contributed by atoms with E-state index in [2.05, 4.69) is 26.1 Å². The van der Waals surface area contributed by atoms with Crippen LogP contribution in [0.5, 0.6) is 0 Å². The minimum atomic E-state index is -0.401. The Hall–Kier alpha value is -2.08. The number of anilines is 1. The van der Waals surface area contributed by atoms with Crippen LogP contribution in [0.1, 0.15) is 58.5 Å². The number of fused-ring (bicyclic) bond motifs is 1. The molecule has 0 saturated heterocycles. The lowest BCUT2D eigenvalue weighted by Crippen LogP contribution is -2.26. The van der Waals surface area contributed by atoms with Crippen molar-refractivity contribution < 1.29 is 18.7 Å². The molecule has 5 nitrogen and oxygen atoms in total. The quantitative estimate of drug-likeness (QED) is 0.816. The average molecular weight is 361 g/mol. The third kappa shape index (κ3) is 3.49. The molecule has 2 heterocycles. The summed E-state index contributed by atoms with van der Waals surface area (Å²) in [4.78, 5) is 25.8. The lowest BCUT2D eigenvalue weighted by Gasteiger charge is -2.33. The predicted molar refractivity (Wildman–Crippen MR) is 97.3 cm³/mol. The number of ether oxygens (including phenoxy) is 1. The normalized spacial score (nSPS) is 17.0. The monoisotopic (exact) mass is 361 g/mol. The highest BCUT2D eigenvalue weighted by Crippen LogP contribution is 2.44. The molecule has 25 heavy (non-hydrogen) atoms. The molecule has 0 bridgehead atoms. The summed E-state index contributed by atoms with van der Waals surface area (Å²) in [7, 11) is 1.37. The molecule has 1 atom stereocenters. The van der Waals surface area contributed by atoms with E-state index in [9.17, 15) is 9.59 Å². The van der Waals surface area contributed by atoms with Crippen LogP contribution < -0.4 is 5.32 Å². The Kier molecular flexibility index (Phi) is 4.73. The van der Waals surface area contributed by atoms with Crippen molar-refractivity contribution in [1.82, 2.24) is 0 Å². The first-order valence-corrected chi connectivity index (χ1v) is 9.20. The van der Waals surface area contributed by atoms with Gasteiger partial charge in [-0.15, -0.1) is 11.3 Å². The second-order valence-corrected chi connectivity index (χ2v) is 8.54. The molecule has 6 heteroatoms. The number of rotatable bonds is 3. The lowest BCUT2D eigenvalue weighted by molar-refractivity contribution is 0.0600. The standard InChI is InChI=1S/C19H23NO4S/c1-19(2,3)11-7-8-12-14(10-11)25-17(15(12)18(22)23-4)20-16(21)13-6-5-9-24-13/h5-6,9,11H,7-8,10H2,1-4H3,(H,20,21)/t11-/m1/s1. The van der Waals surface area contributed by atoms with Gasteiger partial charge in [-0.25, -0.2) is 4.79 Å². The second-order valence-electron chi connectivity index (χ2n) is 7.44. The molecule has 134 valence electrons. The van der Waals surface area contributed by atoms with Crippen molar-refractivity contribution in [3.05, 3.63) is 40.2 Å². The first kappa shape index (κ1) is 17.7. The van der Waals surface area contributed by atoms with Crippen LogP contribution in [0.25, 0.3) is 0 Å². The smallest absolute Gasteiger partial charge is 0.341 e.